The lowest BCUT2D eigenvalue weighted by molar-refractivity contribution is -0.119. The van der Waals surface area contributed by atoms with Gasteiger partial charge in [0, 0.05) is 25.7 Å². The van der Waals surface area contributed by atoms with Crippen molar-refractivity contribution in [2.24, 2.45) is 0 Å². The quantitative estimate of drug-likeness (QED) is 0.311. The van der Waals surface area contributed by atoms with E-state index in [1.165, 1.54) is 0 Å². The normalized spacial score (nSPS) is 10.4. The van der Waals surface area contributed by atoms with Crippen LogP contribution in [0.25, 0.3) is 0 Å². The molecule has 0 unspecified atom stereocenters. The highest BCUT2D eigenvalue weighted by molar-refractivity contribution is 5.78. The van der Waals surface area contributed by atoms with E-state index in [9.17, 15) is 14.4 Å². The first-order chi connectivity index (χ1) is 9.81. The maximum Gasteiger partial charge on any atom is 0.132 e. The lowest BCUT2D eigenvalue weighted by atomic mass is 10.0. The summed E-state index contributed by atoms with van der Waals surface area (Å²) < 4.78 is 0. The van der Waals surface area contributed by atoms with Crippen LogP contribution < -0.4 is 0 Å². The minimum absolute atomic E-state index is 0.394. The number of rotatable bonds is 16. The summed E-state index contributed by atoms with van der Waals surface area (Å²) in [6, 6.07) is 0. The van der Waals surface area contributed by atoms with E-state index in [4.69, 9.17) is 0 Å². The summed E-state index contributed by atoms with van der Waals surface area (Å²) in [6.45, 7) is 0. The summed E-state index contributed by atoms with van der Waals surface area (Å²) in [5.74, 6) is 0.394. The number of aldehydes is 2. The van der Waals surface area contributed by atoms with Crippen LogP contribution in [0, 0.1) is 0 Å². The summed E-state index contributed by atoms with van der Waals surface area (Å²) in [7, 11) is 0. The van der Waals surface area contributed by atoms with Crippen LogP contribution >= 0.6 is 0 Å². The lowest BCUT2D eigenvalue weighted by Gasteiger charge is -2.02. The Kier molecular flexibility index (Phi) is 15.3. The Bertz CT molecular complexity index is 225. The molecule has 0 amide bonds. The van der Waals surface area contributed by atoms with Gasteiger partial charge in [0.2, 0.25) is 0 Å². The first-order valence-corrected chi connectivity index (χ1v) is 8.20. The van der Waals surface area contributed by atoms with Gasteiger partial charge < -0.3 is 9.59 Å². The van der Waals surface area contributed by atoms with E-state index < -0.39 is 0 Å². The summed E-state index contributed by atoms with van der Waals surface area (Å²) in [4.78, 5) is 31.9. The summed E-state index contributed by atoms with van der Waals surface area (Å²) >= 11 is 0. The van der Waals surface area contributed by atoms with Gasteiger partial charge in [-0.1, -0.05) is 38.5 Å². The molecule has 20 heavy (non-hydrogen) atoms. The maximum atomic E-state index is 11.6. The summed E-state index contributed by atoms with van der Waals surface area (Å²) in [5.41, 5.74) is 0. The van der Waals surface area contributed by atoms with Gasteiger partial charge in [0.15, 0.2) is 0 Å². The molecular weight excluding hydrogens is 252 g/mol. The number of unbranched alkanes of at least 4 members (excludes halogenated alkanes) is 10. The second-order valence-corrected chi connectivity index (χ2v) is 5.48. The molecule has 0 aliphatic rings. The van der Waals surface area contributed by atoms with Crippen LogP contribution in [0.4, 0.5) is 0 Å². The fourth-order valence-electron chi connectivity index (χ4n) is 2.29. The molecule has 0 aliphatic heterocycles. The highest BCUT2D eigenvalue weighted by atomic mass is 16.1. The zero-order valence-electron chi connectivity index (χ0n) is 12.8. The van der Waals surface area contributed by atoms with Crippen molar-refractivity contribution in [3.05, 3.63) is 0 Å². The standard InChI is InChI=1S/C17H30O3/c18-15-11-7-3-1-5-9-13-17(20)14-10-6-2-4-8-12-16-19/h15-16H,1-14H2. The van der Waals surface area contributed by atoms with Crippen molar-refractivity contribution >= 4 is 18.4 Å². The van der Waals surface area contributed by atoms with Gasteiger partial charge in [0.05, 0.1) is 0 Å². The van der Waals surface area contributed by atoms with Crippen molar-refractivity contribution in [1.29, 1.82) is 0 Å². The highest BCUT2D eigenvalue weighted by Crippen LogP contribution is 2.11. The fraction of sp³-hybridized carbons (Fsp3) is 0.824. The molecule has 0 aromatic carbocycles. The second kappa shape index (κ2) is 16.1. The van der Waals surface area contributed by atoms with Crippen molar-refractivity contribution in [1.82, 2.24) is 0 Å². The number of Topliss-reactive ketones (excluding diaryl/α,β-unsaturated/α-hetero) is 1. The zero-order chi connectivity index (χ0) is 14.9. The van der Waals surface area contributed by atoms with E-state index in [1.54, 1.807) is 0 Å². The number of carbonyl (C=O) groups excluding carboxylic acids is 3. The minimum Gasteiger partial charge on any atom is -0.303 e. The molecule has 3 nitrogen and oxygen atoms in total. The summed E-state index contributed by atoms with van der Waals surface area (Å²) in [6.07, 6.45) is 15.4. The monoisotopic (exact) mass is 282 g/mol. The Labute approximate surface area is 123 Å². The van der Waals surface area contributed by atoms with E-state index in [0.717, 1.165) is 89.6 Å². The van der Waals surface area contributed by atoms with Crippen LogP contribution in [0.1, 0.15) is 89.9 Å². The molecule has 0 aromatic rings. The fourth-order valence-corrected chi connectivity index (χ4v) is 2.29. The van der Waals surface area contributed by atoms with Crippen LogP contribution in [-0.4, -0.2) is 18.4 Å². The van der Waals surface area contributed by atoms with Crippen molar-refractivity contribution in [3.8, 4) is 0 Å². The predicted molar refractivity (Wildman–Crippen MR) is 81.8 cm³/mol. The van der Waals surface area contributed by atoms with E-state index >= 15 is 0 Å². The van der Waals surface area contributed by atoms with Crippen LogP contribution in [-0.2, 0) is 14.4 Å². The SMILES string of the molecule is O=CCCCCCCCC(=O)CCCCCCCC=O. The van der Waals surface area contributed by atoms with Crippen molar-refractivity contribution in [2.75, 3.05) is 0 Å². The Hall–Kier alpha value is -0.990. The van der Waals surface area contributed by atoms with Gasteiger partial charge in [0.25, 0.3) is 0 Å². The molecule has 0 fully saturated rings. The highest BCUT2D eigenvalue weighted by Gasteiger charge is 2.01. The third-order valence-corrected chi connectivity index (χ3v) is 3.56. The van der Waals surface area contributed by atoms with Crippen LogP contribution in [0.3, 0.4) is 0 Å². The van der Waals surface area contributed by atoms with Crippen LogP contribution in [0.2, 0.25) is 0 Å². The number of carbonyl (C=O) groups is 3. The van der Waals surface area contributed by atoms with E-state index in [0.29, 0.717) is 18.6 Å². The number of ketones is 1. The molecular formula is C17H30O3. The molecule has 0 aliphatic carbocycles. The third kappa shape index (κ3) is 15.1. The van der Waals surface area contributed by atoms with Crippen molar-refractivity contribution in [3.63, 3.8) is 0 Å². The van der Waals surface area contributed by atoms with Gasteiger partial charge in [-0.05, 0) is 25.7 Å². The first kappa shape index (κ1) is 19.0. The molecule has 0 radical (unpaired) electrons. The molecule has 0 spiro atoms. The molecule has 3 heteroatoms. The first-order valence-electron chi connectivity index (χ1n) is 8.20. The molecule has 0 bridgehead atoms. The third-order valence-electron chi connectivity index (χ3n) is 3.56. The molecule has 0 heterocycles. The Morgan fingerprint density at radius 3 is 1.30 bits per heavy atom. The molecule has 0 N–H and O–H groups in total. The van der Waals surface area contributed by atoms with Gasteiger partial charge in [-0.15, -0.1) is 0 Å². The van der Waals surface area contributed by atoms with Gasteiger partial charge >= 0.3 is 0 Å². The molecule has 116 valence electrons. The Morgan fingerprint density at radius 2 is 0.900 bits per heavy atom. The van der Waals surface area contributed by atoms with Gasteiger partial charge in [-0.25, -0.2) is 0 Å². The van der Waals surface area contributed by atoms with Gasteiger partial charge in [0.1, 0.15) is 18.4 Å². The van der Waals surface area contributed by atoms with Crippen molar-refractivity contribution < 1.29 is 14.4 Å². The molecule has 0 aromatic heterocycles. The summed E-state index contributed by atoms with van der Waals surface area (Å²) in [5, 5.41) is 0. The molecule has 0 saturated heterocycles. The van der Waals surface area contributed by atoms with Gasteiger partial charge in [-0.3, -0.25) is 4.79 Å². The average molecular weight is 282 g/mol. The maximum absolute atomic E-state index is 11.6. The largest absolute Gasteiger partial charge is 0.303 e. The molecule has 0 atom stereocenters. The number of hydrogen-bond acceptors (Lipinski definition) is 3. The van der Waals surface area contributed by atoms with Crippen LogP contribution in [0.5, 0.6) is 0 Å². The Balaban J connectivity index is 3.16. The van der Waals surface area contributed by atoms with Crippen LogP contribution in [0.15, 0.2) is 0 Å². The second-order valence-electron chi connectivity index (χ2n) is 5.48. The average Bonchev–Trinajstić information content (AvgIpc) is 2.45. The zero-order valence-corrected chi connectivity index (χ0v) is 12.8. The van der Waals surface area contributed by atoms with E-state index in [1.807, 2.05) is 0 Å². The molecule has 0 rings (SSSR count). The minimum atomic E-state index is 0.394. The predicted octanol–water partition coefficient (Wildman–Crippen LogP) is 4.41. The lowest BCUT2D eigenvalue weighted by Crippen LogP contribution is -1.97. The Morgan fingerprint density at radius 1 is 0.550 bits per heavy atom. The van der Waals surface area contributed by atoms with Gasteiger partial charge in [-0.2, -0.15) is 0 Å². The number of hydrogen-bond donors (Lipinski definition) is 0. The van der Waals surface area contributed by atoms with E-state index in [-0.39, 0.29) is 0 Å². The van der Waals surface area contributed by atoms with Crippen molar-refractivity contribution in [2.45, 2.75) is 89.9 Å². The topological polar surface area (TPSA) is 51.2 Å². The smallest absolute Gasteiger partial charge is 0.132 e. The molecule has 0 saturated carbocycles. The van der Waals surface area contributed by atoms with E-state index in [2.05, 4.69) is 0 Å².